The Morgan fingerprint density at radius 2 is 1.95 bits per heavy atom. The molecule has 4 rings (SSSR count). The van der Waals surface area contributed by atoms with Gasteiger partial charge in [0.25, 0.3) is 0 Å². The molecule has 1 aliphatic rings. The van der Waals surface area contributed by atoms with Crippen molar-refractivity contribution in [3.63, 3.8) is 0 Å². The molecule has 3 aromatic rings. The van der Waals surface area contributed by atoms with E-state index in [1.54, 1.807) is 0 Å². The molecule has 20 heavy (non-hydrogen) atoms. The van der Waals surface area contributed by atoms with Crippen molar-refractivity contribution in [1.82, 2.24) is 9.97 Å². The highest BCUT2D eigenvalue weighted by Gasteiger charge is 2.22. The fourth-order valence-electron chi connectivity index (χ4n) is 2.84. The van der Waals surface area contributed by atoms with Gasteiger partial charge in [-0.1, -0.05) is 12.1 Å². The zero-order chi connectivity index (χ0) is 13.5. The summed E-state index contributed by atoms with van der Waals surface area (Å²) in [6.45, 7) is 1.80. The van der Waals surface area contributed by atoms with Gasteiger partial charge >= 0.3 is 0 Å². The van der Waals surface area contributed by atoms with Crippen LogP contribution in [0.2, 0.25) is 0 Å². The Hall–Kier alpha value is -2.14. The van der Waals surface area contributed by atoms with Gasteiger partial charge in [-0.2, -0.15) is 0 Å². The molecule has 1 aromatic carbocycles. The number of hydrogen-bond donors (Lipinski definition) is 1. The Labute approximate surface area is 115 Å². The van der Waals surface area contributed by atoms with Crippen LogP contribution >= 0.6 is 0 Å². The number of furan rings is 1. The lowest BCUT2D eigenvalue weighted by Gasteiger charge is -2.16. The fraction of sp³-hybridized carbons (Fsp3) is 0.333. The summed E-state index contributed by atoms with van der Waals surface area (Å²) in [5.41, 5.74) is 2.33. The van der Waals surface area contributed by atoms with Gasteiger partial charge in [0.1, 0.15) is 17.7 Å². The minimum absolute atomic E-state index is 0.156. The summed E-state index contributed by atoms with van der Waals surface area (Å²) in [5, 5.41) is 10.4. The minimum Gasteiger partial charge on any atom is -0.450 e. The van der Waals surface area contributed by atoms with Gasteiger partial charge in [-0.05, 0) is 25.0 Å². The van der Waals surface area contributed by atoms with E-state index in [1.165, 1.54) is 12.8 Å². The molecule has 0 radical (unpaired) electrons. The normalized spacial score (nSPS) is 15.6. The van der Waals surface area contributed by atoms with Crippen molar-refractivity contribution in [1.29, 1.82) is 0 Å². The molecule has 0 unspecified atom stereocenters. The van der Waals surface area contributed by atoms with E-state index in [-0.39, 0.29) is 6.61 Å². The highest BCUT2D eigenvalue weighted by atomic mass is 16.3. The van der Waals surface area contributed by atoms with E-state index in [1.807, 2.05) is 24.3 Å². The zero-order valence-corrected chi connectivity index (χ0v) is 11.0. The van der Waals surface area contributed by atoms with Gasteiger partial charge < -0.3 is 14.4 Å². The number of hydrogen-bond acceptors (Lipinski definition) is 5. The molecule has 5 heteroatoms. The Bertz CT molecular complexity index is 775. The molecule has 0 spiro atoms. The molecule has 0 atom stereocenters. The number of anilines is 1. The molecule has 0 aliphatic carbocycles. The van der Waals surface area contributed by atoms with E-state index in [0.717, 1.165) is 41.0 Å². The molecular formula is C15H15N3O2. The summed E-state index contributed by atoms with van der Waals surface area (Å²) in [4.78, 5) is 11.1. The monoisotopic (exact) mass is 269 g/mol. The van der Waals surface area contributed by atoms with Crippen LogP contribution in [-0.4, -0.2) is 28.2 Å². The van der Waals surface area contributed by atoms with E-state index >= 15 is 0 Å². The molecular weight excluding hydrogens is 254 g/mol. The molecule has 0 bridgehead atoms. The summed E-state index contributed by atoms with van der Waals surface area (Å²) in [5.74, 6) is 1.26. The van der Waals surface area contributed by atoms with Gasteiger partial charge in [-0.3, -0.25) is 0 Å². The van der Waals surface area contributed by atoms with Gasteiger partial charge in [0, 0.05) is 18.5 Å². The van der Waals surface area contributed by atoms with Crippen molar-refractivity contribution in [2.75, 3.05) is 18.0 Å². The van der Waals surface area contributed by atoms with Crippen molar-refractivity contribution >= 4 is 27.9 Å². The lowest BCUT2D eigenvalue weighted by molar-refractivity contribution is 0.272. The molecule has 0 saturated carbocycles. The van der Waals surface area contributed by atoms with Gasteiger partial charge in [0.15, 0.2) is 17.2 Å². The number of rotatable bonds is 2. The van der Waals surface area contributed by atoms with Crippen LogP contribution in [0.5, 0.6) is 0 Å². The Morgan fingerprint density at radius 3 is 2.75 bits per heavy atom. The Kier molecular flexibility index (Phi) is 2.60. The topological polar surface area (TPSA) is 62.4 Å². The lowest BCUT2D eigenvalue weighted by atomic mass is 10.2. The number of aliphatic hydroxyl groups is 1. The number of benzene rings is 1. The second kappa shape index (κ2) is 4.45. The predicted octanol–water partition coefficient (Wildman–Crippen LogP) is 2.47. The average molecular weight is 269 g/mol. The Balaban J connectivity index is 2.05. The maximum absolute atomic E-state index is 9.40. The third kappa shape index (κ3) is 1.67. The molecule has 0 amide bonds. The van der Waals surface area contributed by atoms with Crippen LogP contribution in [0.25, 0.3) is 22.1 Å². The van der Waals surface area contributed by atoms with Gasteiger partial charge in [0.2, 0.25) is 0 Å². The first-order chi connectivity index (χ1) is 9.86. The highest BCUT2D eigenvalue weighted by Crippen LogP contribution is 2.33. The van der Waals surface area contributed by atoms with Gasteiger partial charge in [0.05, 0.1) is 0 Å². The number of fused-ring (bicyclic) bond motifs is 3. The molecule has 1 saturated heterocycles. The first kappa shape index (κ1) is 11.7. The average Bonchev–Trinajstić information content (AvgIpc) is 3.13. The van der Waals surface area contributed by atoms with Crippen LogP contribution in [0.4, 0.5) is 5.82 Å². The molecule has 1 fully saturated rings. The maximum atomic E-state index is 9.40. The Morgan fingerprint density at radius 1 is 1.15 bits per heavy atom. The summed E-state index contributed by atoms with van der Waals surface area (Å²) in [7, 11) is 0. The molecule has 5 nitrogen and oxygen atoms in total. The molecule has 3 heterocycles. The summed E-state index contributed by atoms with van der Waals surface area (Å²) >= 11 is 0. The quantitative estimate of drug-likeness (QED) is 0.774. The minimum atomic E-state index is -0.156. The van der Waals surface area contributed by atoms with Crippen LogP contribution in [0.3, 0.4) is 0 Å². The largest absolute Gasteiger partial charge is 0.450 e. The smallest absolute Gasteiger partial charge is 0.196 e. The summed E-state index contributed by atoms with van der Waals surface area (Å²) < 4.78 is 5.95. The molecule has 2 aromatic heterocycles. The van der Waals surface area contributed by atoms with Crippen molar-refractivity contribution in [3.05, 3.63) is 30.1 Å². The third-order valence-electron chi connectivity index (χ3n) is 3.80. The SMILES string of the molecule is OCc1nc(N2CCCC2)c2oc3ccccc3c2n1. The van der Waals surface area contributed by atoms with Crippen LogP contribution in [0.15, 0.2) is 28.7 Å². The van der Waals surface area contributed by atoms with Crippen molar-refractivity contribution in [2.24, 2.45) is 0 Å². The second-order valence-electron chi connectivity index (χ2n) is 5.09. The summed E-state index contributed by atoms with van der Waals surface area (Å²) in [6, 6.07) is 7.83. The second-order valence-corrected chi connectivity index (χ2v) is 5.09. The zero-order valence-electron chi connectivity index (χ0n) is 11.0. The molecule has 102 valence electrons. The standard InChI is InChI=1S/C15H15N3O2/c19-9-12-16-13-10-5-1-2-6-11(10)20-14(13)15(17-12)18-7-3-4-8-18/h1-2,5-6,19H,3-4,7-9H2. The molecule has 1 aliphatic heterocycles. The third-order valence-corrected chi connectivity index (χ3v) is 3.80. The van der Waals surface area contributed by atoms with Crippen LogP contribution in [-0.2, 0) is 6.61 Å². The fourth-order valence-corrected chi connectivity index (χ4v) is 2.84. The number of para-hydroxylation sites is 1. The van der Waals surface area contributed by atoms with Crippen molar-refractivity contribution in [2.45, 2.75) is 19.4 Å². The molecule has 1 N–H and O–H groups in total. The van der Waals surface area contributed by atoms with Crippen molar-refractivity contribution in [3.8, 4) is 0 Å². The van der Waals surface area contributed by atoms with E-state index < -0.39 is 0 Å². The highest BCUT2D eigenvalue weighted by molar-refractivity contribution is 6.05. The van der Waals surface area contributed by atoms with E-state index in [0.29, 0.717) is 5.82 Å². The number of aromatic nitrogens is 2. The van der Waals surface area contributed by atoms with E-state index in [9.17, 15) is 5.11 Å². The maximum Gasteiger partial charge on any atom is 0.196 e. The van der Waals surface area contributed by atoms with Crippen LogP contribution < -0.4 is 4.90 Å². The summed E-state index contributed by atoms with van der Waals surface area (Å²) in [6.07, 6.45) is 2.33. The van der Waals surface area contributed by atoms with E-state index in [2.05, 4.69) is 14.9 Å². The number of nitrogens with zero attached hydrogens (tertiary/aromatic N) is 3. The van der Waals surface area contributed by atoms with Crippen molar-refractivity contribution < 1.29 is 9.52 Å². The number of aliphatic hydroxyl groups excluding tert-OH is 1. The van der Waals surface area contributed by atoms with E-state index in [4.69, 9.17) is 4.42 Å². The predicted molar refractivity (Wildman–Crippen MR) is 76.7 cm³/mol. The van der Waals surface area contributed by atoms with Crippen LogP contribution in [0.1, 0.15) is 18.7 Å². The lowest BCUT2D eigenvalue weighted by Crippen LogP contribution is -2.20. The first-order valence-corrected chi connectivity index (χ1v) is 6.91. The van der Waals surface area contributed by atoms with Crippen LogP contribution in [0, 0.1) is 0 Å². The van der Waals surface area contributed by atoms with Gasteiger partial charge in [-0.25, -0.2) is 9.97 Å². The first-order valence-electron chi connectivity index (χ1n) is 6.91. The van der Waals surface area contributed by atoms with Gasteiger partial charge in [-0.15, -0.1) is 0 Å².